The van der Waals surface area contributed by atoms with Gasteiger partial charge in [0.2, 0.25) is 11.8 Å². The van der Waals surface area contributed by atoms with Crippen molar-refractivity contribution in [1.82, 2.24) is 10.2 Å². The highest BCUT2D eigenvalue weighted by Crippen LogP contribution is 2.19. The van der Waals surface area contributed by atoms with Gasteiger partial charge in [-0.25, -0.2) is 4.79 Å². The minimum atomic E-state index is -0.918. The molecule has 0 aliphatic carbocycles. The zero-order valence-electron chi connectivity index (χ0n) is 18.9. The fourth-order valence-corrected chi connectivity index (χ4v) is 3.22. The molecule has 1 atom stereocenters. The van der Waals surface area contributed by atoms with Crippen LogP contribution in [0.5, 0.6) is 0 Å². The van der Waals surface area contributed by atoms with Crippen LogP contribution in [-0.2, 0) is 20.9 Å². The number of carbonyl (C=O) groups excluding carboxylic acids is 3. The summed E-state index contributed by atoms with van der Waals surface area (Å²) in [4.78, 5) is 38.7. The standard InChI is InChI=1S/C23H33N3O5/c1-15(2)13-26(14-16-6-8-19-17(12-16)10-11-30-19)21(28)18(7-9-20(24)27)25-22(29)31-23(3,4)5/h6,8,10-12,15,18H,7,9,13-14H2,1-5H3,(H2,24,27)(H,25,29)/t18-/m0/s1. The van der Waals surface area contributed by atoms with E-state index >= 15 is 0 Å². The highest BCUT2D eigenvalue weighted by molar-refractivity contribution is 5.87. The minimum absolute atomic E-state index is 0.0251. The van der Waals surface area contributed by atoms with Crippen LogP contribution in [0.3, 0.4) is 0 Å². The van der Waals surface area contributed by atoms with E-state index < -0.39 is 23.6 Å². The molecule has 0 radical (unpaired) electrons. The normalized spacial score (nSPS) is 12.6. The summed E-state index contributed by atoms with van der Waals surface area (Å²) in [5, 5.41) is 3.57. The third-order valence-corrected chi connectivity index (χ3v) is 4.46. The lowest BCUT2D eigenvalue weighted by Crippen LogP contribution is -2.50. The van der Waals surface area contributed by atoms with Crippen LogP contribution in [0.1, 0.15) is 53.0 Å². The number of ether oxygens (including phenoxy) is 1. The van der Waals surface area contributed by atoms with Crippen molar-refractivity contribution < 1.29 is 23.5 Å². The van der Waals surface area contributed by atoms with E-state index in [-0.39, 0.29) is 24.7 Å². The van der Waals surface area contributed by atoms with Crippen molar-refractivity contribution in [3.63, 3.8) is 0 Å². The van der Waals surface area contributed by atoms with Gasteiger partial charge >= 0.3 is 6.09 Å². The maximum atomic E-state index is 13.4. The molecule has 0 aliphatic heterocycles. The molecule has 1 aromatic carbocycles. The quantitative estimate of drug-likeness (QED) is 0.630. The van der Waals surface area contributed by atoms with Gasteiger partial charge in [0.05, 0.1) is 6.26 Å². The second kappa shape index (κ2) is 10.3. The van der Waals surface area contributed by atoms with E-state index in [4.69, 9.17) is 14.9 Å². The highest BCUT2D eigenvalue weighted by Gasteiger charge is 2.29. The summed E-state index contributed by atoms with van der Waals surface area (Å²) in [6.07, 6.45) is 0.987. The van der Waals surface area contributed by atoms with Crippen molar-refractivity contribution in [1.29, 1.82) is 0 Å². The average Bonchev–Trinajstić information content (AvgIpc) is 3.09. The van der Waals surface area contributed by atoms with Crippen molar-refractivity contribution in [3.05, 3.63) is 36.1 Å². The molecule has 170 valence electrons. The predicted octanol–water partition coefficient (Wildman–Crippen LogP) is 3.58. The summed E-state index contributed by atoms with van der Waals surface area (Å²) in [6.45, 7) is 10.1. The Kier molecular flexibility index (Phi) is 8.08. The van der Waals surface area contributed by atoms with E-state index in [1.54, 1.807) is 31.9 Å². The van der Waals surface area contributed by atoms with E-state index in [9.17, 15) is 14.4 Å². The summed E-state index contributed by atoms with van der Waals surface area (Å²) in [6, 6.07) is 6.70. The number of hydrogen-bond donors (Lipinski definition) is 2. The minimum Gasteiger partial charge on any atom is -0.464 e. The van der Waals surface area contributed by atoms with Crippen LogP contribution < -0.4 is 11.1 Å². The molecule has 0 aliphatic rings. The molecular formula is C23H33N3O5. The van der Waals surface area contributed by atoms with Crippen LogP contribution in [0.2, 0.25) is 0 Å². The molecule has 1 heterocycles. The van der Waals surface area contributed by atoms with Gasteiger partial charge in [-0.2, -0.15) is 0 Å². The summed E-state index contributed by atoms with van der Waals surface area (Å²) in [7, 11) is 0. The fourth-order valence-electron chi connectivity index (χ4n) is 3.22. The lowest BCUT2D eigenvalue weighted by atomic mass is 10.1. The second-order valence-corrected chi connectivity index (χ2v) is 9.11. The number of nitrogens with two attached hydrogens (primary N) is 1. The molecule has 0 saturated carbocycles. The van der Waals surface area contributed by atoms with Crippen LogP contribution in [0.15, 0.2) is 34.9 Å². The number of amides is 3. The molecule has 0 unspecified atom stereocenters. The largest absolute Gasteiger partial charge is 0.464 e. The number of nitrogens with one attached hydrogen (secondary N) is 1. The summed E-state index contributed by atoms with van der Waals surface area (Å²) >= 11 is 0. The molecule has 1 aromatic heterocycles. The van der Waals surface area contributed by atoms with Gasteiger partial charge in [-0.05, 0) is 56.9 Å². The van der Waals surface area contributed by atoms with Crippen molar-refractivity contribution in [2.45, 2.75) is 65.6 Å². The van der Waals surface area contributed by atoms with Gasteiger partial charge in [-0.15, -0.1) is 0 Å². The summed E-state index contributed by atoms with van der Waals surface area (Å²) in [5.74, 6) is -0.613. The molecule has 0 bridgehead atoms. The molecule has 3 amide bonds. The molecule has 2 aromatic rings. The number of carbonyl (C=O) groups is 3. The van der Waals surface area contributed by atoms with E-state index in [1.807, 2.05) is 38.1 Å². The number of benzene rings is 1. The predicted molar refractivity (Wildman–Crippen MR) is 118 cm³/mol. The van der Waals surface area contributed by atoms with Gasteiger partial charge in [0.15, 0.2) is 0 Å². The summed E-state index contributed by atoms with van der Waals surface area (Å²) < 4.78 is 10.7. The maximum absolute atomic E-state index is 13.4. The Morgan fingerprint density at radius 3 is 2.52 bits per heavy atom. The number of furan rings is 1. The first kappa shape index (κ1) is 24.2. The van der Waals surface area contributed by atoms with Gasteiger partial charge in [-0.3, -0.25) is 9.59 Å². The van der Waals surface area contributed by atoms with Gasteiger partial charge in [0.1, 0.15) is 17.2 Å². The maximum Gasteiger partial charge on any atom is 0.408 e. The Morgan fingerprint density at radius 1 is 1.19 bits per heavy atom. The molecule has 0 fully saturated rings. The first-order valence-corrected chi connectivity index (χ1v) is 10.5. The van der Waals surface area contributed by atoms with Crippen molar-refractivity contribution >= 4 is 28.9 Å². The zero-order valence-corrected chi connectivity index (χ0v) is 18.9. The first-order valence-electron chi connectivity index (χ1n) is 10.5. The van der Waals surface area contributed by atoms with E-state index in [1.165, 1.54) is 0 Å². The smallest absolute Gasteiger partial charge is 0.408 e. The Hall–Kier alpha value is -3.03. The third kappa shape index (κ3) is 7.96. The number of fused-ring (bicyclic) bond motifs is 1. The number of hydrogen-bond acceptors (Lipinski definition) is 5. The molecule has 31 heavy (non-hydrogen) atoms. The van der Waals surface area contributed by atoms with Crippen LogP contribution in [0.25, 0.3) is 11.0 Å². The topological polar surface area (TPSA) is 115 Å². The number of primary amides is 1. The Balaban J connectivity index is 2.22. The molecule has 8 heteroatoms. The number of nitrogens with zero attached hydrogens (tertiary/aromatic N) is 1. The third-order valence-electron chi connectivity index (χ3n) is 4.46. The monoisotopic (exact) mass is 431 g/mol. The molecule has 0 spiro atoms. The van der Waals surface area contributed by atoms with Gasteiger partial charge in [0.25, 0.3) is 0 Å². The Morgan fingerprint density at radius 2 is 1.90 bits per heavy atom. The van der Waals surface area contributed by atoms with Crippen LogP contribution in [0, 0.1) is 5.92 Å². The molecular weight excluding hydrogens is 398 g/mol. The van der Waals surface area contributed by atoms with E-state index in [0.29, 0.717) is 13.1 Å². The number of rotatable bonds is 9. The van der Waals surface area contributed by atoms with Crippen molar-refractivity contribution in [2.75, 3.05) is 6.54 Å². The average molecular weight is 432 g/mol. The molecule has 2 rings (SSSR count). The van der Waals surface area contributed by atoms with Gasteiger partial charge in [0, 0.05) is 24.9 Å². The van der Waals surface area contributed by atoms with Crippen LogP contribution in [0.4, 0.5) is 4.79 Å². The van der Waals surface area contributed by atoms with Gasteiger partial charge < -0.3 is 25.1 Å². The van der Waals surface area contributed by atoms with Crippen LogP contribution in [-0.4, -0.2) is 41.0 Å². The van der Waals surface area contributed by atoms with Crippen molar-refractivity contribution in [3.8, 4) is 0 Å². The van der Waals surface area contributed by atoms with Crippen LogP contribution >= 0.6 is 0 Å². The SMILES string of the molecule is CC(C)CN(Cc1ccc2occc2c1)C(=O)[C@H](CCC(N)=O)NC(=O)OC(C)(C)C. The first-order chi connectivity index (χ1) is 14.4. The summed E-state index contributed by atoms with van der Waals surface area (Å²) in [5.41, 5.74) is 6.28. The van der Waals surface area contributed by atoms with E-state index in [0.717, 1.165) is 16.5 Å². The lowest BCUT2D eigenvalue weighted by Gasteiger charge is -2.30. The lowest BCUT2D eigenvalue weighted by molar-refractivity contribution is -0.135. The van der Waals surface area contributed by atoms with E-state index in [2.05, 4.69) is 5.32 Å². The zero-order chi connectivity index (χ0) is 23.2. The number of alkyl carbamates (subject to hydrolysis) is 1. The Bertz CT molecular complexity index is 913. The van der Waals surface area contributed by atoms with Gasteiger partial charge in [-0.1, -0.05) is 19.9 Å². The molecule has 8 nitrogen and oxygen atoms in total. The second-order valence-electron chi connectivity index (χ2n) is 9.11. The fraction of sp³-hybridized carbons (Fsp3) is 0.522. The molecule has 0 saturated heterocycles. The van der Waals surface area contributed by atoms with Crippen molar-refractivity contribution in [2.24, 2.45) is 11.7 Å². The molecule has 3 N–H and O–H groups in total. The Labute approximate surface area is 183 Å². The highest BCUT2D eigenvalue weighted by atomic mass is 16.6.